The van der Waals surface area contributed by atoms with Crippen molar-refractivity contribution in [1.29, 1.82) is 0 Å². The maximum absolute atomic E-state index is 12.6. The van der Waals surface area contributed by atoms with Crippen molar-refractivity contribution in [2.75, 3.05) is 58.9 Å². The minimum Gasteiger partial charge on any atom is -0.481 e. The van der Waals surface area contributed by atoms with Gasteiger partial charge in [-0.3, -0.25) is 38.7 Å². The zero-order valence-electron chi connectivity index (χ0n) is 22.9. The molecule has 38 heavy (non-hydrogen) atoms. The summed E-state index contributed by atoms with van der Waals surface area (Å²) in [7, 11) is 0. The van der Waals surface area contributed by atoms with E-state index in [1.54, 1.807) is 14.7 Å². The van der Waals surface area contributed by atoms with Crippen LogP contribution in [0.25, 0.3) is 0 Å². The summed E-state index contributed by atoms with van der Waals surface area (Å²) in [6.45, 7) is 6.60. The van der Waals surface area contributed by atoms with E-state index in [0.717, 1.165) is 0 Å². The first-order chi connectivity index (χ1) is 17.7. The fourth-order valence-electron chi connectivity index (χ4n) is 3.94. The van der Waals surface area contributed by atoms with Crippen LogP contribution in [-0.2, 0) is 24.0 Å². The minimum absolute atomic E-state index is 0.0185. The summed E-state index contributed by atoms with van der Waals surface area (Å²) in [5.41, 5.74) is 5.17. The minimum atomic E-state index is -1.08. The summed E-state index contributed by atoms with van der Waals surface area (Å²) in [6, 6.07) is -0.959. The summed E-state index contributed by atoms with van der Waals surface area (Å²) in [6.07, 6.45) is 1.71. The van der Waals surface area contributed by atoms with E-state index in [1.165, 1.54) is 0 Å². The van der Waals surface area contributed by atoms with E-state index in [9.17, 15) is 39.3 Å². The predicted molar refractivity (Wildman–Crippen MR) is 140 cm³/mol. The molecule has 0 rings (SSSR count). The lowest BCUT2D eigenvalue weighted by Gasteiger charge is -2.32. The molecule has 1 atom stereocenters. The van der Waals surface area contributed by atoms with E-state index in [1.807, 2.05) is 20.8 Å². The second kappa shape index (κ2) is 18.6. The molecule has 13 nitrogen and oxygen atoms in total. The van der Waals surface area contributed by atoms with E-state index in [-0.39, 0.29) is 77.4 Å². The van der Waals surface area contributed by atoms with Gasteiger partial charge in [-0.1, -0.05) is 20.8 Å². The number of hydrogen-bond donors (Lipinski definition) is 5. The molecular weight excluding hydrogens is 500 g/mol. The van der Waals surface area contributed by atoms with Crippen LogP contribution in [-0.4, -0.2) is 130 Å². The van der Waals surface area contributed by atoms with Crippen molar-refractivity contribution in [3.8, 4) is 0 Å². The largest absolute Gasteiger partial charge is 0.481 e. The highest BCUT2D eigenvalue weighted by atomic mass is 16.4. The summed E-state index contributed by atoms with van der Waals surface area (Å²) in [5, 5.41) is 37.2. The van der Waals surface area contributed by atoms with Crippen LogP contribution in [0.2, 0.25) is 0 Å². The molecule has 0 aromatic heterocycles. The molecule has 13 heteroatoms. The molecule has 0 aliphatic carbocycles. The van der Waals surface area contributed by atoms with Gasteiger partial charge in [0.05, 0.1) is 13.1 Å². The number of hydrogen-bond acceptors (Lipinski definition) is 9. The Hall–Kier alpha value is -2.61. The van der Waals surface area contributed by atoms with Crippen molar-refractivity contribution in [2.24, 2.45) is 11.1 Å². The number of Topliss-reactive ketones (excluding diaryl/α,β-unsaturated/α-hetero) is 1. The Labute approximate surface area is 224 Å². The Morgan fingerprint density at radius 3 is 1.71 bits per heavy atom. The monoisotopic (exact) mass is 546 g/mol. The number of nitrogens with two attached hydrogens (primary N) is 1. The van der Waals surface area contributed by atoms with Crippen molar-refractivity contribution in [1.82, 2.24) is 14.7 Å². The van der Waals surface area contributed by atoms with Crippen molar-refractivity contribution >= 4 is 29.7 Å². The molecule has 0 aromatic carbocycles. The second-order valence-corrected chi connectivity index (χ2v) is 10.1. The van der Waals surface area contributed by atoms with Gasteiger partial charge in [0, 0.05) is 57.5 Å². The number of carbonyl (C=O) groups is 5. The lowest BCUT2D eigenvalue weighted by Crippen LogP contribution is -2.49. The van der Waals surface area contributed by atoms with Gasteiger partial charge in [-0.2, -0.15) is 0 Å². The van der Waals surface area contributed by atoms with Crippen LogP contribution in [0.5, 0.6) is 0 Å². The Morgan fingerprint density at radius 1 is 0.737 bits per heavy atom. The molecule has 0 aliphatic heterocycles. The quantitative estimate of drug-likeness (QED) is 0.105. The number of rotatable bonds is 24. The fraction of sp³-hybridized carbons (Fsp3) is 0.800. The van der Waals surface area contributed by atoms with Gasteiger partial charge < -0.3 is 26.2 Å². The average Bonchev–Trinajstić information content (AvgIpc) is 2.81. The zero-order chi connectivity index (χ0) is 29.3. The van der Waals surface area contributed by atoms with Gasteiger partial charge in [0.15, 0.2) is 0 Å². The number of nitrogens with zero attached hydrogens (tertiary/aromatic N) is 3. The third kappa shape index (κ3) is 15.6. The Morgan fingerprint density at radius 2 is 1.26 bits per heavy atom. The molecule has 6 N–H and O–H groups in total. The van der Waals surface area contributed by atoms with Crippen molar-refractivity contribution < 1.29 is 44.4 Å². The van der Waals surface area contributed by atoms with Gasteiger partial charge >= 0.3 is 23.9 Å². The molecular formula is C25H46N4O9. The molecule has 0 spiro atoms. The first-order valence-electron chi connectivity index (χ1n) is 13.0. The molecule has 0 amide bonds. The van der Waals surface area contributed by atoms with Crippen LogP contribution in [0, 0.1) is 5.41 Å². The van der Waals surface area contributed by atoms with Crippen LogP contribution < -0.4 is 5.73 Å². The molecule has 0 radical (unpaired) electrons. The maximum atomic E-state index is 12.6. The van der Waals surface area contributed by atoms with Gasteiger partial charge in [0.1, 0.15) is 11.8 Å². The highest BCUT2D eigenvalue weighted by molar-refractivity contribution is 5.84. The molecule has 0 aromatic rings. The smallest absolute Gasteiger partial charge is 0.320 e. The van der Waals surface area contributed by atoms with Gasteiger partial charge in [0.2, 0.25) is 0 Å². The van der Waals surface area contributed by atoms with Crippen LogP contribution in [0.1, 0.15) is 59.3 Å². The SMILES string of the molecule is CCC(C)(C)C(=O)CCC(C(=O)O)N(CCN)CCN(CCN(CCCCC(=O)O)CC(=O)O)CC(=O)O. The van der Waals surface area contributed by atoms with Gasteiger partial charge in [-0.25, -0.2) is 0 Å². The Kier molecular flexibility index (Phi) is 17.3. The summed E-state index contributed by atoms with van der Waals surface area (Å²) >= 11 is 0. The van der Waals surface area contributed by atoms with Crippen LogP contribution >= 0.6 is 0 Å². The molecule has 0 heterocycles. The third-order valence-electron chi connectivity index (χ3n) is 6.69. The fourth-order valence-corrected chi connectivity index (χ4v) is 3.94. The second-order valence-electron chi connectivity index (χ2n) is 10.1. The molecule has 220 valence electrons. The van der Waals surface area contributed by atoms with Crippen molar-refractivity contribution in [3.63, 3.8) is 0 Å². The van der Waals surface area contributed by atoms with Crippen molar-refractivity contribution in [2.45, 2.75) is 65.3 Å². The third-order valence-corrected chi connectivity index (χ3v) is 6.69. The molecule has 0 bridgehead atoms. The average molecular weight is 547 g/mol. The lowest BCUT2D eigenvalue weighted by molar-refractivity contribution is -0.144. The molecule has 0 saturated heterocycles. The number of ketones is 1. The normalized spacial score (nSPS) is 12.7. The number of carbonyl (C=O) groups excluding carboxylic acids is 1. The number of aliphatic carboxylic acids is 4. The molecule has 1 unspecified atom stereocenters. The summed E-state index contributed by atoms with van der Waals surface area (Å²) in [5.74, 6) is -4.16. The first kappa shape index (κ1) is 35.4. The topological polar surface area (TPSA) is 202 Å². The van der Waals surface area contributed by atoms with Gasteiger partial charge in [0.25, 0.3) is 0 Å². The van der Waals surface area contributed by atoms with E-state index in [4.69, 9.17) is 10.8 Å². The predicted octanol–water partition coefficient (Wildman–Crippen LogP) is 0.514. The highest BCUT2D eigenvalue weighted by Crippen LogP contribution is 2.24. The highest BCUT2D eigenvalue weighted by Gasteiger charge is 2.30. The molecule has 0 aliphatic rings. The summed E-state index contributed by atoms with van der Waals surface area (Å²) in [4.78, 5) is 62.9. The maximum Gasteiger partial charge on any atom is 0.320 e. The Bertz CT molecular complexity index is 776. The summed E-state index contributed by atoms with van der Waals surface area (Å²) < 4.78 is 0. The van der Waals surface area contributed by atoms with Gasteiger partial charge in [-0.05, 0) is 32.2 Å². The van der Waals surface area contributed by atoms with Crippen LogP contribution in [0.15, 0.2) is 0 Å². The first-order valence-corrected chi connectivity index (χ1v) is 13.0. The van der Waals surface area contributed by atoms with E-state index in [2.05, 4.69) is 0 Å². The number of carboxylic acid groups (broad SMARTS) is 4. The van der Waals surface area contributed by atoms with E-state index in [0.29, 0.717) is 25.8 Å². The van der Waals surface area contributed by atoms with Gasteiger partial charge in [-0.15, -0.1) is 0 Å². The number of carboxylic acids is 4. The number of unbranched alkanes of at least 4 members (excludes halogenated alkanes) is 1. The molecule has 0 fully saturated rings. The van der Waals surface area contributed by atoms with Crippen molar-refractivity contribution in [3.05, 3.63) is 0 Å². The standard InChI is InChI=1S/C25H46N4O9/c1-4-25(2,3)20(30)9-8-19(24(37)38)29(12-10-26)16-15-28(18-23(35)36)14-13-27(17-22(33)34)11-6-5-7-21(31)32/h19H,4-18,26H2,1-3H3,(H,31,32)(H,33,34)(H,35,36)(H,37,38). The van der Waals surface area contributed by atoms with Crippen LogP contribution in [0.3, 0.4) is 0 Å². The van der Waals surface area contributed by atoms with Crippen LogP contribution in [0.4, 0.5) is 0 Å². The lowest BCUT2D eigenvalue weighted by atomic mass is 9.82. The zero-order valence-corrected chi connectivity index (χ0v) is 22.9. The molecule has 0 saturated carbocycles. The Balaban J connectivity index is 5.29. The van der Waals surface area contributed by atoms with E-state index < -0.39 is 35.3 Å². The van der Waals surface area contributed by atoms with E-state index >= 15 is 0 Å².